The quantitative estimate of drug-likeness (QED) is 0.641. The summed E-state index contributed by atoms with van der Waals surface area (Å²) in [5, 5.41) is 12.4. The predicted octanol–water partition coefficient (Wildman–Crippen LogP) is 2.35. The van der Waals surface area contributed by atoms with Gasteiger partial charge in [0.05, 0.1) is 25.4 Å². The maximum absolute atomic E-state index is 11.0. The Hall–Kier alpha value is -2.44. The third kappa shape index (κ3) is 5.30. The van der Waals surface area contributed by atoms with Crippen molar-refractivity contribution in [1.29, 1.82) is 5.26 Å². The Balaban J connectivity index is 1.43. The molecule has 0 radical (unpaired) electrons. The molecule has 28 heavy (non-hydrogen) atoms. The third-order valence-electron chi connectivity index (χ3n) is 4.54. The van der Waals surface area contributed by atoms with E-state index in [0.717, 1.165) is 28.3 Å². The normalized spacial score (nSPS) is 19.5. The van der Waals surface area contributed by atoms with Gasteiger partial charge in [0.25, 0.3) is 0 Å². The van der Waals surface area contributed by atoms with Crippen molar-refractivity contribution in [3.63, 3.8) is 0 Å². The summed E-state index contributed by atoms with van der Waals surface area (Å²) in [6, 6.07) is 5.87. The third-order valence-corrected chi connectivity index (χ3v) is 5.62. The molecule has 1 N–H and O–H groups in total. The van der Waals surface area contributed by atoms with Crippen LogP contribution >= 0.6 is 11.3 Å². The van der Waals surface area contributed by atoms with Crippen molar-refractivity contribution in [3.05, 3.63) is 12.1 Å². The Morgan fingerprint density at radius 2 is 2.25 bits per heavy atom. The standard InChI is InChI=1S/C19H25N5O3S/c1-12(21-13(2)25)10-26-15-8-14(9-15)11-27-17-5-4-16-18(23-17)28-19(22-16)24(3)7-6-20/h4-5,12,14-15H,7-11H2,1-3H3,(H,21,25)/t12-,14?,15?/m0/s1. The molecular formula is C19H25N5O3S. The minimum atomic E-state index is -0.0368. The van der Waals surface area contributed by atoms with E-state index >= 15 is 0 Å². The lowest BCUT2D eigenvalue weighted by Gasteiger charge is -2.35. The summed E-state index contributed by atoms with van der Waals surface area (Å²) in [6.07, 6.45) is 2.15. The second kappa shape index (κ2) is 9.17. The molecular weight excluding hydrogens is 378 g/mol. The van der Waals surface area contributed by atoms with Crippen LogP contribution < -0.4 is 15.0 Å². The van der Waals surface area contributed by atoms with Gasteiger partial charge in [0.2, 0.25) is 11.8 Å². The van der Waals surface area contributed by atoms with E-state index in [4.69, 9.17) is 14.7 Å². The van der Waals surface area contributed by atoms with Crippen LogP contribution in [0.3, 0.4) is 0 Å². The molecule has 3 rings (SSSR count). The first kappa shape index (κ1) is 20.3. The number of anilines is 1. The SMILES string of the molecule is CC(=O)N[C@@H](C)COC1CC(COc2ccc3nc(N(C)CC#N)sc3n2)C1. The molecule has 0 aromatic carbocycles. The van der Waals surface area contributed by atoms with Crippen molar-refractivity contribution < 1.29 is 14.3 Å². The summed E-state index contributed by atoms with van der Waals surface area (Å²) in [6.45, 7) is 4.88. The van der Waals surface area contributed by atoms with Crippen LogP contribution in [0.5, 0.6) is 5.88 Å². The van der Waals surface area contributed by atoms with Crippen molar-refractivity contribution in [1.82, 2.24) is 15.3 Å². The maximum Gasteiger partial charge on any atom is 0.217 e. The van der Waals surface area contributed by atoms with E-state index in [-0.39, 0.29) is 24.6 Å². The highest BCUT2D eigenvalue weighted by Crippen LogP contribution is 2.32. The molecule has 0 bridgehead atoms. The highest BCUT2D eigenvalue weighted by Gasteiger charge is 2.30. The summed E-state index contributed by atoms with van der Waals surface area (Å²) >= 11 is 1.45. The average Bonchev–Trinajstić information content (AvgIpc) is 3.03. The zero-order valence-corrected chi connectivity index (χ0v) is 17.2. The number of carbonyl (C=O) groups excluding carboxylic acids is 1. The lowest BCUT2D eigenvalue weighted by molar-refractivity contribution is -0.120. The molecule has 8 nitrogen and oxygen atoms in total. The van der Waals surface area contributed by atoms with Crippen LogP contribution in [0.4, 0.5) is 5.13 Å². The fraction of sp³-hybridized carbons (Fsp3) is 0.579. The first-order chi connectivity index (χ1) is 13.4. The molecule has 1 atom stereocenters. The molecule has 150 valence electrons. The van der Waals surface area contributed by atoms with Crippen LogP contribution in [0.15, 0.2) is 12.1 Å². The second-order valence-electron chi connectivity index (χ2n) is 7.19. The zero-order valence-electron chi connectivity index (χ0n) is 16.3. The molecule has 1 fully saturated rings. The van der Waals surface area contributed by atoms with E-state index in [1.165, 1.54) is 18.3 Å². The van der Waals surface area contributed by atoms with Gasteiger partial charge in [-0.25, -0.2) is 9.97 Å². The Morgan fingerprint density at radius 1 is 1.46 bits per heavy atom. The number of pyridine rings is 1. The van der Waals surface area contributed by atoms with Crippen LogP contribution in [0.1, 0.15) is 26.7 Å². The van der Waals surface area contributed by atoms with E-state index in [2.05, 4.69) is 21.4 Å². The van der Waals surface area contributed by atoms with Gasteiger partial charge in [-0.3, -0.25) is 4.79 Å². The Labute approximate surface area is 168 Å². The van der Waals surface area contributed by atoms with Gasteiger partial charge < -0.3 is 19.7 Å². The second-order valence-corrected chi connectivity index (χ2v) is 8.15. The molecule has 0 unspecified atom stereocenters. The van der Waals surface area contributed by atoms with Crippen LogP contribution in [-0.2, 0) is 9.53 Å². The summed E-state index contributed by atoms with van der Waals surface area (Å²) < 4.78 is 11.7. The summed E-state index contributed by atoms with van der Waals surface area (Å²) in [5.74, 6) is 1.01. The summed E-state index contributed by atoms with van der Waals surface area (Å²) in [7, 11) is 1.84. The van der Waals surface area contributed by atoms with E-state index < -0.39 is 0 Å². The van der Waals surface area contributed by atoms with Gasteiger partial charge in [0.1, 0.15) is 16.9 Å². The molecule has 0 saturated heterocycles. The number of fused-ring (bicyclic) bond motifs is 1. The fourth-order valence-corrected chi connectivity index (χ4v) is 3.92. The monoisotopic (exact) mass is 403 g/mol. The van der Waals surface area contributed by atoms with E-state index in [0.29, 0.717) is 25.0 Å². The number of hydrogen-bond acceptors (Lipinski definition) is 8. The van der Waals surface area contributed by atoms with E-state index in [9.17, 15) is 4.79 Å². The van der Waals surface area contributed by atoms with E-state index in [1.807, 2.05) is 26.1 Å². The van der Waals surface area contributed by atoms with Crippen LogP contribution in [-0.4, -0.2) is 54.8 Å². The lowest BCUT2D eigenvalue weighted by Crippen LogP contribution is -2.40. The number of nitrogens with one attached hydrogen (secondary N) is 1. The average molecular weight is 404 g/mol. The molecule has 2 aromatic rings. The van der Waals surface area contributed by atoms with Crippen molar-refractivity contribution in [2.45, 2.75) is 38.8 Å². The van der Waals surface area contributed by atoms with Gasteiger partial charge in [-0.1, -0.05) is 11.3 Å². The maximum atomic E-state index is 11.0. The first-order valence-corrected chi connectivity index (χ1v) is 10.1. The van der Waals surface area contributed by atoms with Crippen molar-refractivity contribution in [2.24, 2.45) is 5.92 Å². The van der Waals surface area contributed by atoms with Crippen LogP contribution in [0, 0.1) is 17.2 Å². The number of hydrogen-bond donors (Lipinski definition) is 1. The summed E-state index contributed by atoms with van der Waals surface area (Å²) in [4.78, 5) is 22.6. The molecule has 1 saturated carbocycles. The molecule has 9 heteroatoms. The topological polar surface area (TPSA) is 100 Å². The number of aromatic nitrogens is 2. The number of nitriles is 1. The summed E-state index contributed by atoms with van der Waals surface area (Å²) in [5.41, 5.74) is 0.808. The molecule has 2 heterocycles. The van der Waals surface area contributed by atoms with Gasteiger partial charge in [-0.15, -0.1) is 0 Å². The molecule has 1 aliphatic rings. The van der Waals surface area contributed by atoms with Crippen molar-refractivity contribution in [2.75, 3.05) is 31.7 Å². The number of nitrogens with zero attached hydrogens (tertiary/aromatic N) is 4. The van der Waals surface area contributed by atoms with Gasteiger partial charge in [0, 0.05) is 26.1 Å². The number of rotatable bonds is 9. The van der Waals surface area contributed by atoms with Gasteiger partial charge >= 0.3 is 0 Å². The molecule has 2 aromatic heterocycles. The van der Waals surface area contributed by atoms with Gasteiger partial charge in [0.15, 0.2) is 5.13 Å². The van der Waals surface area contributed by atoms with E-state index in [1.54, 1.807) is 4.90 Å². The number of carbonyl (C=O) groups is 1. The smallest absolute Gasteiger partial charge is 0.217 e. The number of ether oxygens (including phenoxy) is 2. The minimum absolute atomic E-state index is 0.0280. The van der Waals surface area contributed by atoms with Crippen LogP contribution in [0.25, 0.3) is 10.3 Å². The number of amides is 1. The highest BCUT2D eigenvalue weighted by atomic mass is 32.1. The molecule has 1 amide bonds. The van der Waals surface area contributed by atoms with Crippen LogP contribution in [0.2, 0.25) is 0 Å². The number of thiazole rings is 1. The highest BCUT2D eigenvalue weighted by molar-refractivity contribution is 7.21. The Kier molecular flexibility index (Phi) is 6.65. The Morgan fingerprint density at radius 3 is 2.96 bits per heavy atom. The van der Waals surface area contributed by atoms with Gasteiger partial charge in [-0.2, -0.15) is 5.26 Å². The Bertz CT molecular complexity index is 859. The van der Waals surface area contributed by atoms with Crippen molar-refractivity contribution >= 4 is 32.7 Å². The minimum Gasteiger partial charge on any atom is -0.477 e. The van der Waals surface area contributed by atoms with Crippen molar-refractivity contribution in [3.8, 4) is 11.9 Å². The van der Waals surface area contributed by atoms with Gasteiger partial charge in [-0.05, 0) is 31.7 Å². The zero-order chi connectivity index (χ0) is 20.1. The molecule has 0 spiro atoms. The predicted molar refractivity (Wildman–Crippen MR) is 108 cm³/mol. The largest absolute Gasteiger partial charge is 0.477 e. The fourth-order valence-electron chi connectivity index (χ4n) is 3.03. The lowest BCUT2D eigenvalue weighted by atomic mass is 9.83. The molecule has 0 aliphatic heterocycles. The first-order valence-electron chi connectivity index (χ1n) is 9.31. The molecule has 1 aliphatic carbocycles.